The first-order valence-corrected chi connectivity index (χ1v) is 10.5. The third kappa shape index (κ3) is 4.08. The van der Waals surface area contributed by atoms with Gasteiger partial charge in [0.05, 0.1) is 22.5 Å². The van der Waals surface area contributed by atoms with E-state index in [1.807, 2.05) is 30.3 Å². The summed E-state index contributed by atoms with van der Waals surface area (Å²) in [5.74, 6) is 1.59. The molecule has 1 saturated carbocycles. The van der Waals surface area contributed by atoms with Gasteiger partial charge in [-0.15, -0.1) is 0 Å². The number of pyridine rings is 1. The minimum atomic E-state index is -0.154. The smallest absolute Gasteiger partial charge is 0.189 e. The summed E-state index contributed by atoms with van der Waals surface area (Å²) in [5, 5.41) is 21.0. The minimum Gasteiger partial charge on any atom is -0.393 e. The number of nitrogens with one attached hydrogen (secondary N) is 2. The lowest BCUT2D eigenvalue weighted by Gasteiger charge is -2.26. The molecule has 0 bridgehead atoms. The van der Waals surface area contributed by atoms with Crippen molar-refractivity contribution in [3.63, 3.8) is 0 Å². The Morgan fingerprint density at radius 1 is 1.00 bits per heavy atom. The first-order chi connectivity index (χ1) is 14.2. The Morgan fingerprint density at radius 3 is 2.69 bits per heavy atom. The van der Waals surface area contributed by atoms with E-state index in [2.05, 4.69) is 31.8 Å². The number of hydrogen-bond donors (Lipinski definition) is 3. The maximum absolute atomic E-state index is 9.67. The molecule has 4 aromatic rings. The van der Waals surface area contributed by atoms with E-state index in [9.17, 15) is 5.11 Å². The summed E-state index contributed by atoms with van der Waals surface area (Å²) in [4.78, 5) is 9.34. The third-order valence-electron chi connectivity index (χ3n) is 5.19. The molecule has 8 heteroatoms. The number of aromatic nitrogens is 3. The topological polar surface area (TPSA) is 96.1 Å². The van der Waals surface area contributed by atoms with Crippen molar-refractivity contribution in [3.8, 4) is 11.1 Å². The lowest BCUT2D eigenvalue weighted by molar-refractivity contribution is 0.126. The Balaban J connectivity index is 1.31. The van der Waals surface area contributed by atoms with Gasteiger partial charge in [0.1, 0.15) is 17.9 Å². The molecule has 3 heterocycles. The highest BCUT2D eigenvalue weighted by Gasteiger charge is 2.19. The van der Waals surface area contributed by atoms with Crippen LogP contribution in [0.15, 0.2) is 53.4 Å². The molecule has 5 rings (SSSR count). The molecule has 7 nitrogen and oxygen atoms in total. The van der Waals surface area contributed by atoms with Gasteiger partial charge < -0.3 is 20.3 Å². The van der Waals surface area contributed by atoms with Crippen LogP contribution in [0.25, 0.3) is 21.3 Å². The second kappa shape index (κ2) is 7.81. The molecule has 0 spiro atoms. The fourth-order valence-electron chi connectivity index (χ4n) is 3.63. The van der Waals surface area contributed by atoms with Crippen LogP contribution >= 0.6 is 11.3 Å². The van der Waals surface area contributed by atoms with E-state index in [4.69, 9.17) is 4.52 Å². The molecular weight excluding hydrogens is 386 g/mol. The van der Waals surface area contributed by atoms with Crippen LogP contribution in [0.4, 0.5) is 16.8 Å². The van der Waals surface area contributed by atoms with Gasteiger partial charge in [-0.25, -0.2) is 9.97 Å². The second-order valence-corrected chi connectivity index (χ2v) is 8.33. The lowest BCUT2D eigenvalue weighted by atomic mass is 9.93. The summed E-state index contributed by atoms with van der Waals surface area (Å²) in [6, 6.07) is 12.4. The van der Waals surface area contributed by atoms with E-state index < -0.39 is 0 Å². The Labute approximate surface area is 171 Å². The SMILES string of the molecule is O[C@H]1CC[C@H](Nc2cccc(Nc3nc4ccc(-c5cnoc5)cc4s3)n2)CC1. The Hall–Kier alpha value is -2.97. The summed E-state index contributed by atoms with van der Waals surface area (Å²) in [6.07, 6.45) is 6.81. The van der Waals surface area contributed by atoms with Crippen molar-refractivity contribution < 1.29 is 9.63 Å². The Bertz CT molecular complexity index is 1100. The zero-order valence-electron chi connectivity index (χ0n) is 15.7. The molecule has 3 aromatic heterocycles. The van der Waals surface area contributed by atoms with E-state index in [0.29, 0.717) is 6.04 Å². The number of thiazole rings is 1. The zero-order chi connectivity index (χ0) is 19.6. The van der Waals surface area contributed by atoms with Gasteiger partial charge in [-0.1, -0.05) is 28.6 Å². The summed E-state index contributed by atoms with van der Waals surface area (Å²) in [7, 11) is 0. The molecule has 0 amide bonds. The van der Waals surface area contributed by atoms with Gasteiger partial charge in [0.15, 0.2) is 5.13 Å². The summed E-state index contributed by atoms with van der Waals surface area (Å²) < 4.78 is 6.02. The molecule has 0 radical (unpaired) electrons. The highest BCUT2D eigenvalue weighted by Crippen LogP contribution is 2.32. The van der Waals surface area contributed by atoms with Crippen LogP contribution in [-0.2, 0) is 0 Å². The summed E-state index contributed by atoms with van der Waals surface area (Å²) >= 11 is 1.58. The van der Waals surface area contributed by atoms with Gasteiger partial charge in [0, 0.05) is 11.6 Å². The Morgan fingerprint density at radius 2 is 1.86 bits per heavy atom. The predicted molar refractivity (Wildman–Crippen MR) is 115 cm³/mol. The quantitative estimate of drug-likeness (QED) is 0.437. The molecule has 148 valence electrons. The maximum atomic E-state index is 9.67. The molecule has 29 heavy (non-hydrogen) atoms. The number of anilines is 3. The first kappa shape index (κ1) is 18.1. The van der Waals surface area contributed by atoms with Crippen molar-refractivity contribution in [2.75, 3.05) is 10.6 Å². The molecule has 1 aliphatic carbocycles. The molecular formula is C21H21N5O2S. The van der Waals surface area contributed by atoms with Crippen LogP contribution in [0.1, 0.15) is 25.7 Å². The number of aliphatic hydroxyl groups is 1. The van der Waals surface area contributed by atoms with E-state index in [1.165, 1.54) is 0 Å². The van der Waals surface area contributed by atoms with Crippen molar-refractivity contribution in [1.29, 1.82) is 0 Å². The number of aliphatic hydroxyl groups excluding tert-OH is 1. The summed E-state index contributed by atoms with van der Waals surface area (Å²) in [6.45, 7) is 0. The van der Waals surface area contributed by atoms with Crippen LogP contribution in [0.2, 0.25) is 0 Å². The minimum absolute atomic E-state index is 0.154. The molecule has 1 aromatic carbocycles. The predicted octanol–water partition coefficient (Wildman–Crippen LogP) is 4.81. The normalized spacial score (nSPS) is 19.3. The fraction of sp³-hybridized carbons (Fsp3) is 0.286. The van der Waals surface area contributed by atoms with Crippen LogP contribution < -0.4 is 10.6 Å². The average molecular weight is 407 g/mol. The lowest BCUT2D eigenvalue weighted by Crippen LogP contribution is -2.28. The van der Waals surface area contributed by atoms with E-state index in [-0.39, 0.29) is 6.10 Å². The van der Waals surface area contributed by atoms with Gasteiger partial charge in [-0.05, 0) is 55.5 Å². The monoisotopic (exact) mass is 407 g/mol. The standard InChI is InChI=1S/C21H21N5O2S/c27-16-7-5-15(6-8-16)23-19-2-1-3-20(25-19)26-21-24-17-9-4-13(10-18(17)29-21)14-11-22-28-12-14/h1-4,9-12,15-16,27H,5-8H2,(H2,23,24,25,26)/t15-,16-. The number of benzene rings is 1. The molecule has 1 aliphatic rings. The van der Waals surface area contributed by atoms with Gasteiger partial charge in [0.2, 0.25) is 0 Å². The number of fused-ring (bicyclic) bond motifs is 1. The van der Waals surface area contributed by atoms with Crippen molar-refractivity contribution in [2.45, 2.75) is 37.8 Å². The average Bonchev–Trinajstić information content (AvgIpc) is 3.39. The van der Waals surface area contributed by atoms with Crippen molar-refractivity contribution in [1.82, 2.24) is 15.1 Å². The van der Waals surface area contributed by atoms with Gasteiger partial charge in [-0.3, -0.25) is 0 Å². The van der Waals surface area contributed by atoms with Gasteiger partial charge in [0.25, 0.3) is 0 Å². The molecule has 0 aliphatic heterocycles. The largest absolute Gasteiger partial charge is 0.393 e. The van der Waals surface area contributed by atoms with Crippen LogP contribution in [0.5, 0.6) is 0 Å². The van der Waals surface area contributed by atoms with Gasteiger partial charge in [-0.2, -0.15) is 0 Å². The molecule has 3 N–H and O–H groups in total. The molecule has 0 saturated heterocycles. The number of rotatable bonds is 5. The number of hydrogen-bond acceptors (Lipinski definition) is 8. The van der Waals surface area contributed by atoms with Crippen molar-refractivity contribution >= 4 is 38.3 Å². The Kier molecular flexibility index (Phi) is 4.87. The van der Waals surface area contributed by atoms with Crippen molar-refractivity contribution in [2.24, 2.45) is 0 Å². The maximum Gasteiger partial charge on any atom is 0.189 e. The molecule has 1 fully saturated rings. The van der Waals surface area contributed by atoms with E-state index >= 15 is 0 Å². The highest BCUT2D eigenvalue weighted by atomic mass is 32.1. The summed E-state index contributed by atoms with van der Waals surface area (Å²) in [5.41, 5.74) is 2.94. The van der Waals surface area contributed by atoms with Crippen molar-refractivity contribution in [3.05, 3.63) is 48.9 Å². The molecule has 0 atom stereocenters. The highest BCUT2D eigenvalue weighted by molar-refractivity contribution is 7.22. The third-order valence-corrected chi connectivity index (χ3v) is 6.12. The zero-order valence-corrected chi connectivity index (χ0v) is 16.5. The van der Waals surface area contributed by atoms with Crippen LogP contribution in [0.3, 0.4) is 0 Å². The molecule has 0 unspecified atom stereocenters. The van der Waals surface area contributed by atoms with Crippen LogP contribution in [-0.4, -0.2) is 32.4 Å². The van der Waals surface area contributed by atoms with E-state index in [1.54, 1.807) is 23.8 Å². The second-order valence-electron chi connectivity index (χ2n) is 7.30. The van der Waals surface area contributed by atoms with Crippen LogP contribution in [0, 0.1) is 0 Å². The first-order valence-electron chi connectivity index (χ1n) is 9.72. The van der Waals surface area contributed by atoms with E-state index in [0.717, 1.165) is 63.8 Å². The fourth-order valence-corrected chi connectivity index (χ4v) is 4.54. The van der Waals surface area contributed by atoms with Gasteiger partial charge >= 0.3 is 0 Å². The number of nitrogens with zero attached hydrogens (tertiary/aromatic N) is 3.